The molecular weight excluding hydrogens is 529 g/mol. The van der Waals surface area contributed by atoms with Gasteiger partial charge in [-0.3, -0.25) is 14.6 Å². The van der Waals surface area contributed by atoms with Crippen molar-refractivity contribution in [2.24, 2.45) is 0 Å². The average Bonchev–Trinajstić information content (AvgIpc) is 3.44. The van der Waals surface area contributed by atoms with E-state index >= 15 is 0 Å². The summed E-state index contributed by atoms with van der Waals surface area (Å²) in [6, 6.07) is 6.66. The predicted octanol–water partition coefficient (Wildman–Crippen LogP) is 2.46. The van der Waals surface area contributed by atoms with Gasteiger partial charge in [0.25, 0.3) is 11.5 Å². The van der Waals surface area contributed by atoms with Gasteiger partial charge in [0.15, 0.2) is 0 Å². The minimum absolute atomic E-state index is 0.0414. The molecule has 0 aromatic carbocycles. The van der Waals surface area contributed by atoms with Crippen molar-refractivity contribution in [3.8, 4) is 11.8 Å². The number of rotatable bonds is 6. The number of nitrogens with one attached hydrogen (secondary N) is 1. The molecule has 14 heteroatoms. The molecule has 2 aliphatic rings. The number of halogens is 3. The van der Waals surface area contributed by atoms with Gasteiger partial charge in [0.05, 0.1) is 35.2 Å². The lowest BCUT2D eigenvalue weighted by Gasteiger charge is -2.35. The summed E-state index contributed by atoms with van der Waals surface area (Å²) in [6.07, 6.45) is 1.78. The van der Waals surface area contributed by atoms with Gasteiger partial charge in [-0.15, -0.1) is 0 Å². The number of aromatic nitrogens is 4. The summed E-state index contributed by atoms with van der Waals surface area (Å²) in [5.74, 6) is 0.845. The van der Waals surface area contributed by atoms with Crippen LogP contribution in [0.2, 0.25) is 0 Å². The maximum Gasteiger partial charge on any atom is 0.423 e. The smallest absolute Gasteiger partial charge is 0.423 e. The quantitative estimate of drug-likeness (QED) is 0.488. The van der Waals surface area contributed by atoms with Gasteiger partial charge in [-0.25, -0.2) is 10.1 Å². The fourth-order valence-corrected chi connectivity index (χ4v) is 4.97. The first-order valence-corrected chi connectivity index (χ1v) is 12.6. The van der Waals surface area contributed by atoms with Crippen molar-refractivity contribution < 1.29 is 22.7 Å². The SMILES string of the molecule is N#Cc1ccc(N2CCN(C(=O)c3cncc(OCC4CCCN4c4cn[nH]c(=O)c4C(F)(F)F)c3)CC2)nc1. The molecule has 5 rings (SSSR count). The number of H-pyrrole nitrogens is 1. The summed E-state index contributed by atoms with van der Waals surface area (Å²) in [7, 11) is 0. The van der Waals surface area contributed by atoms with E-state index in [1.807, 2.05) is 16.1 Å². The lowest BCUT2D eigenvalue weighted by atomic mass is 10.2. The Balaban J connectivity index is 1.21. The van der Waals surface area contributed by atoms with Crippen LogP contribution in [-0.2, 0) is 6.18 Å². The molecule has 3 aromatic heterocycles. The number of nitrogens with zero attached hydrogens (tertiary/aromatic N) is 7. The zero-order valence-corrected chi connectivity index (χ0v) is 21.3. The van der Waals surface area contributed by atoms with E-state index < -0.39 is 23.3 Å². The number of amides is 1. The molecule has 0 aliphatic carbocycles. The first-order valence-electron chi connectivity index (χ1n) is 12.6. The topological polar surface area (TPSA) is 131 Å². The number of alkyl halides is 3. The van der Waals surface area contributed by atoms with Crippen molar-refractivity contribution in [1.82, 2.24) is 25.1 Å². The van der Waals surface area contributed by atoms with Crippen LogP contribution in [0.25, 0.3) is 0 Å². The van der Waals surface area contributed by atoms with Crippen LogP contribution in [0.3, 0.4) is 0 Å². The highest BCUT2D eigenvalue weighted by Crippen LogP contribution is 2.36. The van der Waals surface area contributed by atoms with Gasteiger partial charge in [-0.1, -0.05) is 0 Å². The molecule has 1 amide bonds. The standard InChI is InChI=1S/C26H25F3N8O3/c27-26(28,29)23-21(15-33-34-24(23)38)37-5-1-2-19(37)16-40-20-10-18(13-31-14-20)25(39)36-8-6-35(7-9-36)22-4-3-17(11-30)12-32-22/h3-4,10,12-15,19H,1-2,5-9,16H2,(H,34,38). The number of hydrogen-bond acceptors (Lipinski definition) is 9. The highest BCUT2D eigenvalue weighted by Gasteiger charge is 2.40. The third kappa shape index (κ3) is 5.68. The van der Waals surface area contributed by atoms with Gasteiger partial charge < -0.3 is 19.4 Å². The number of carbonyl (C=O) groups excluding carboxylic acids is 1. The van der Waals surface area contributed by atoms with Crippen molar-refractivity contribution in [2.75, 3.05) is 49.1 Å². The Kier molecular flexibility index (Phi) is 7.54. The first kappa shape index (κ1) is 26.9. The number of ether oxygens (including phenoxy) is 1. The van der Waals surface area contributed by atoms with Crippen LogP contribution in [-0.4, -0.2) is 76.3 Å². The summed E-state index contributed by atoms with van der Waals surface area (Å²) >= 11 is 0. The minimum atomic E-state index is -4.83. The maximum absolute atomic E-state index is 13.6. The van der Waals surface area contributed by atoms with Crippen molar-refractivity contribution in [1.29, 1.82) is 5.26 Å². The first-order chi connectivity index (χ1) is 19.2. The lowest BCUT2D eigenvalue weighted by Crippen LogP contribution is -2.49. The molecule has 1 unspecified atom stereocenters. The molecule has 208 valence electrons. The zero-order valence-electron chi connectivity index (χ0n) is 21.3. The number of hydrogen-bond donors (Lipinski definition) is 1. The number of carbonyl (C=O) groups is 1. The second-order valence-electron chi connectivity index (χ2n) is 9.46. The van der Waals surface area contributed by atoms with Gasteiger partial charge in [0.2, 0.25) is 0 Å². The molecule has 2 saturated heterocycles. The Labute approximate surface area is 226 Å². The molecular formula is C26H25F3N8O3. The molecule has 2 aliphatic heterocycles. The largest absolute Gasteiger partial charge is 0.490 e. The number of nitriles is 1. The Morgan fingerprint density at radius 3 is 2.62 bits per heavy atom. The van der Waals surface area contributed by atoms with Gasteiger partial charge in [0.1, 0.15) is 29.8 Å². The van der Waals surface area contributed by atoms with Crippen molar-refractivity contribution in [3.05, 3.63) is 70.0 Å². The van der Waals surface area contributed by atoms with Crippen LogP contribution in [0.1, 0.15) is 34.3 Å². The normalized spacial score (nSPS) is 17.6. The molecule has 40 heavy (non-hydrogen) atoms. The molecule has 0 spiro atoms. The third-order valence-electron chi connectivity index (χ3n) is 6.98. The van der Waals surface area contributed by atoms with E-state index in [1.165, 1.54) is 23.5 Å². The summed E-state index contributed by atoms with van der Waals surface area (Å²) < 4.78 is 46.6. The molecule has 5 heterocycles. The summed E-state index contributed by atoms with van der Waals surface area (Å²) in [5.41, 5.74) is -2.03. The van der Waals surface area contributed by atoms with Gasteiger partial charge >= 0.3 is 6.18 Å². The summed E-state index contributed by atoms with van der Waals surface area (Å²) in [4.78, 5) is 38.7. The minimum Gasteiger partial charge on any atom is -0.490 e. The second-order valence-corrected chi connectivity index (χ2v) is 9.46. The number of pyridine rings is 2. The van der Waals surface area contributed by atoms with E-state index in [9.17, 15) is 22.8 Å². The van der Waals surface area contributed by atoms with E-state index in [1.54, 1.807) is 23.1 Å². The molecule has 1 N–H and O–H groups in total. The molecule has 2 fully saturated rings. The Morgan fingerprint density at radius 2 is 1.93 bits per heavy atom. The van der Waals surface area contributed by atoms with Crippen molar-refractivity contribution >= 4 is 17.4 Å². The van der Waals surface area contributed by atoms with Crippen molar-refractivity contribution in [3.63, 3.8) is 0 Å². The Hall–Kier alpha value is -4.67. The molecule has 11 nitrogen and oxygen atoms in total. The maximum atomic E-state index is 13.6. The number of piperazine rings is 1. The third-order valence-corrected chi connectivity index (χ3v) is 6.98. The summed E-state index contributed by atoms with van der Waals surface area (Å²) in [5, 5.41) is 14.4. The highest BCUT2D eigenvalue weighted by atomic mass is 19.4. The monoisotopic (exact) mass is 554 g/mol. The van der Waals surface area contributed by atoms with Crippen LogP contribution in [0.5, 0.6) is 5.75 Å². The van der Waals surface area contributed by atoms with Gasteiger partial charge in [-0.05, 0) is 31.0 Å². The predicted molar refractivity (Wildman–Crippen MR) is 137 cm³/mol. The fraction of sp³-hybridized carbons (Fsp3) is 0.385. The zero-order chi connectivity index (χ0) is 28.3. The van der Waals surface area contributed by atoms with E-state index in [0.717, 1.165) is 12.0 Å². The molecule has 0 bridgehead atoms. The van der Waals surface area contributed by atoms with E-state index in [0.29, 0.717) is 62.4 Å². The van der Waals surface area contributed by atoms with E-state index in [4.69, 9.17) is 10.00 Å². The van der Waals surface area contributed by atoms with Crippen LogP contribution in [0.15, 0.2) is 47.8 Å². The van der Waals surface area contributed by atoms with Gasteiger partial charge in [0, 0.05) is 45.1 Å². The number of aromatic amines is 1. The molecule has 1 atom stereocenters. The lowest BCUT2D eigenvalue weighted by molar-refractivity contribution is -0.138. The average molecular weight is 555 g/mol. The highest BCUT2D eigenvalue weighted by molar-refractivity contribution is 5.94. The Bertz CT molecular complexity index is 1460. The molecule has 0 radical (unpaired) electrons. The van der Waals surface area contributed by atoms with E-state index in [-0.39, 0.29) is 18.2 Å². The number of anilines is 2. The summed E-state index contributed by atoms with van der Waals surface area (Å²) in [6.45, 7) is 2.44. The molecule has 3 aromatic rings. The fourth-order valence-electron chi connectivity index (χ4n) is 4.97. The van der Waals surface area contributed by atoms with Crippen LogP contribution >= 0.6 is 0 Å². The Morgan fingerprint density at radius 1 is 1.12 bits per heavy atom. The second kappa shape index (κ2) is 11.2. The van der Waals surface area contributed by atoms with E-state index in [2.05, 4.69) is 15.1 Å². The van der Waals surface area contributed by atoms with Crippen LogP contribution in [0.4, 0.5) is 24.7 Å². The van der Waals surface area contributed by atoms with Crippen LogP contribution in [0, 0.1) is 11.3 Å². The van der Waals surface area contributed by atoms with Crippen LogP contribution < -0.4 is 20.1 Å². The van der Waals surface area contributed by atoms with Crippen molar-refractivity contribution in [2.45, 2.75) is 25.1 Å². The van der Waals surface area contributed by atoms with Gasteiger partial charge in [-0.2, -0.15) is 23.5 Å². The molecule has 0 saturated carbocycles.